The molecule has 0 saturated heterocycles. The van der Waals surface area contributed by atoms with Crippen molar-refractivity contribution in [3.8, 4) is 0 Å². The summed E-state index contributed by atoms with van der Waals surface area (Å²) in [5.41, 5.74) is -3.00. The van der Waals surface area contributed by atoms with E-state index in [2.05, 4.69) is 20.6 Å². The number of carbonyl (C=O) groups excluding carboxylic acids is 1. The van der Waals surface area contributed by atoms with Crippen LogP contribution in [-0.4, -0.2) is 33.0 Å². The number of carbonyl (C=O) groups is 1. The number of nitrogens with one attached hydrogen (secondary N) is 2. The third-order valence-electron chi connectivity index (χ3n) is 5.30. The Morgan fingerprint density at radius 1 is 1.08 bits per heavy atom. The Bertz CT molecular complexity index is 1350. The average Bonchev–Trinajstić information content (AvgIpc) is 3.45. The summed E-state index contributed by atoms with van der Waals surface area (Å²) >= 11 is 11.4. The largest absolute Gasteiger partial charge is 0.451 e. The van der Waals surface area contributed by atoms with Crippen LogP contribution in [0.1, 0.15) is 33.7 Å². The second kappa shape index (κ2) is 9.49. The molecular weight excluding hydrogens is 558 g/mol. The van der Waals surface area contributed by atoms with Crippen molar-refractivity contribution in [2.75, 3.05) is 5.32 Å². The molecule has 1 unspecified atom stereocenters. The lowest BCUT2D eigenvalue weighted by molar-refractivity contribution is -0.275. The van der Waals surface area contributed by atoms with Gasteiger partial charge in [-0.25, -0.2) is 4.39 Å². The van der Waals surface area contributed by atoms with Crippen molar-refractivity contribution >= 4 is 40.8 Å². The maximum absolute atomic E-state index is 14.1. The number of amides is 1. The van der Waals surface area contributed by atoms with Crippen LogP contribution in [0.25, 0.3) is 0 Å². The van der Waals surface area contributed by atoms with E-state index in [1.807, 2.05) is 0 Å². The molecule has 0 bridgehead atoms. The number of hydrogen-bond donors (Lipinski definition) is 2. The number of nitrogens with zero attached hydrogens (tertiary/aromatic N) is 3. The summed E-state index contributed by atoms with van der Waals surface area (Å²) in [6, 6.07) is 6.97. The lowest BCUT2D eigenvalue weighted by Crippen LogP contribution is -2.42. The lowest BCUT2D eigenvalue weighted by atomic mass is 9.86. The van der Waals surface area contributed by atoms with E-state index in [0.29, 0.717) is 5.56 Å². The number of hydrogen-bond acceptors (Lipinski definition) is 5. The van der Waals surface area contributed by atoms with E-state index in [4.69, 9.17) is 28.0 Å². The van der Waals surface area contributed by atoms with Gasteiger partial charge in [-0.15, -0.1) is 5.10 Å². The van der Waals surface area contributed by atoms with Crippen molar-refractivity contribution in [2.24, 2.45) is 5.16 Å². The first-order valence-corrected chi connectivity index (χ1v) is 10.8. The fourth-order valence-electron chi connectivity index (χ4n) is 3.48. The van der Waals surface area contributed by atoms with Crippen molar-refractivity contribution in [2.45, 2.75) is 30.8 Å². The van der Waals surface area contributed by atoms with Gasteiger partial charge in [-0.3, -0.25) is 15.2 Å². The van der Waals surface area contributed by atoms with Gasteiger partial charge in [-0.05, 0) is 29.8 Å². The molecule has 1 aromatic heterocycles. The molecule has 0 fully saturated rings. The highest BCUT2D eigenvalue weighted by molar-refractivity contribution is 6.35. The van der Waals surface area contributed by atoms with Gasteiger partial charge in [0.25, 0.3) is 11.5 Å². The third kappa shape index (κ3) is 5.34. The van der Waals surface area contributed by atoms with Crippen molar-refractivity contribution in [1.29, 1.82) is 0 Å². The highest BCUT2D eigenvalue weighted by atomic mass is 35.5. The molecule has 16 heteroatoms. The summed E-state index contributed by atoms with van der Waals surface area (Å²) < 4.78 is 93.7. The van der Waals surface area contributed by atoms with Gasteiger partial charge < -0.3 is 4.84 Å². The average molecular weight is 570 g/mol. The summed E-state index contributed by atoms with van der Waals surface area (Å²) in [7, 11) is 0. The van der Waals surface area contributed by atoms with Crippen LogP contribution in [0.5, 0.6) is 0 Å². The quantitative estimate of drug-likeness (QED) is 0.278. The molecule has 0 saturated carbocycles. The van der Waals surface area contributed by atoms with Crippen LogP contribution in [0, 0.1) is 5.82 Å². The Balaban J connectivity index is 1.46. The topological polar surface area (TPSA) is 92.3 Å². The molecule has 1 atom stereocenters. The number of alkyl halides is 6. The lowest BCUT2D eigenvalue weighted by Gasteiger charge is -2.29. The van der Waals surface area contributed by atoms with Crippen LogP contribution in [0.3, 0.4) is 0 Å². The monoisotopic (exact) mass is 569 g/mol. The maximum atomic E-state index is 14.1. The zero-order valence-electron chi connectivity index (χ0n) is 17.9. The zero-order chi connectivity index (χ0) is 27.2. The predicted molar refractivity (Wildman–Crippen MR) is 117 cm³/mol. The fraction of sp³-hybridized carbons (Fsp3) is 0.238. The Hall–Kier alpha value is -3.39. The molecule has 7 nitrogen and oxygen atoms in total. The number of H-pyrrole nitrogens is 1. The SMILES string of the molecule is O=C(Nc1n[nH]c(C(F)(F)F)n1)c1ccc(CC2=NOC(c3cc(Cl)c(F)c(Cl)c3)(C(F)(F)F)C2)cc1. The summed E-state index contributed by atoms with van der Waals surface area (Å²) in [5, 5.41) is 9.35. The normalized spacial score (nSPS) is 17.9. The molecule has 2 heterocycles. The minimum absolute atomic E-state index is 0.00787. The third-order valence-corrected chi connectivity index (χ3v) is 5.85. The van der Waals surface area contributed by atoms with E-state index in [1.54, 1.807) is 5.10 Å². The number of benzene rings is 2. The van der Waals surface area contributed by atoms with E-state index in [0.717, 1.165) is 12.1 Å². The van der Waals surface area contributed by atoms with Crippen LogP contribution < -0.4 is 5.32 Å². The summed E-state index contributed by atoms with van der Waals surface area (Å²) in [6.45, 7) is 0. The molecule has 196 valence electrons. The van der Waals surface area contributed by atoms with Crippen LogP contribution in [0.4, 0.5) is 36.7 Å². The summed E-state index contributed by atoms with van der Waals surface area (Å²) in [4.78, 5) is 20.2. The van der Waals surface area contributed by atoms with Crippen molar-refractivity contribution in [3.05, 3.63) is 74.8 Å². The number of anilines is 1. The molecule has 1 aliphatic rings. The van der Waals surface area contributed by atoms with Crippen LogP contribution in [0.2, 0.25) is 10.0 Å². The Morgan fingerprint density at radius 2 is 1.70 bits per heavy atom. The van der Waals surface area contributed by atoms with Gasteiger partial charge in [-0.1, -0.05) is 40.5 Å². The van der Waals surface area contributed by atoms with Crippen LogP contribution in [0.15, 0.2) is 41.6 Å². The highest BCUT2D eigenvalue weighted by Crippen LogP contribution is 2.49. The fourth-order valence-corrected chi connectivity index (χ4v) is 3.96. The number of aromatic nitrogens is 3. The molecule has 0 radical (unpaired) electrons. The van der Waals surface area contributed by atoms with Gasteiger partial charge in [0.05, 0.1) is 15.8 Å². The van der Waals surface area contributed by atoms with Crippen molar-refractivity contribution < 1.29 is 40.4 Å². The first kappa shape index (κ1) is 26.7. The second-order valence-corrected chi connectivity index (χ2v) is 8.65. The van der Waals surface area contributed by atoms with Crippen molar-refractivity contribution in [3.63, 3.8) is 0 Å². The highest BCUT2D eigenvalue weighted by Gasteiger charge is 2.62. The van der Waals surface area contributed by atoms with Gasteiger partial charge in [0.15, 0.2) is 5.82 Å². The van der Waals surface area contributed by atoms with E-state index in [1.165, 1.54) is 24.3 Å². The molecule has 0 aliphatic carbocycles. The minimum Gasteiger partial charge on any atom is -0.374 e. The van der Waals surface area contributed by atoms with Gasteiger partial charge in [0, 0.05) is 24.0 Å². The molecule has 2 aromatic carbocycles. The molecule has 0 spiro atoms. The first-order chi connectivity index (χ1) is 17.2. The maximum Gasteiger partial charge on any atom is 0.451 e. The van der Waals surface area contributed by atoms with E-state index < -0.39 is 63.5 Å². The number of oxime groups is 1. The van der Waals surface area contributed by atoms with Gasteiger partial charge in [0.1, 0.15) is 0 Å². The summed E-state index contributed by atoms with van der Waals surface area (Å²) in [5.74, 6) is -3.88. The molecular formula is C21H12Cl2F7N5O2. The van der Waals surface area contributed by atoms with E-state index in [9.17, 15) is 35.5 Å². The van der Waals surface area contributed by atoms with Gasteiger partial charge >= 0.3 is 12.4 Å². The number of halogens is 9. The van der Waals surface area contributed by atoms with Gasteiger partial charge in [-0.2, -0.15) is 31.3 Å². The van der Waals surface area contributed by atoms with Crippen LogP contribution in [-0.2, 0) is 23.0 Å². The molecule has 1 amide bonds. The first-order valence-electron chi connectivity index (χ1n) is 10.0. The van der Waals surface area contributed by atoms with Crippen LogP contribution >= 0.6 is 23.2 Å². The number of rotatable bonds is 5. The molecule has 2 N–H and O–H groups in total. The zero-order valence-corrected chi connectivity index (χ0v) is 19.4. The Kier molecular flexibility index (Phi) is 6.84. The van der Waals surface area contributed by atoms with Gasteiger partial charge in [0.2, 0.25) is 11.8 Å². The standard InChI is InChI=1S/C21H12Cl2F7N5O2/c22-13-6-11(7-14(23)15(13)24)19(21(28,29)30)8-12(35-37-19)5-9-1-3-10(4-2-9)16(36)31-18-32-17(33-34-18)20(25,26)27/h1-4,6-7H,5,8H2,(H2,31,32,33,34,36). The van der Waals surface area contributed by atoms with E-state index in [-0.39, 0.29) is 17.7 Å². The minimum atomic E-state index is -4.96. The Morgan fingerprint density at radius 3 is 2.24 bits per heavy atom. The molecule has 37 heavy (non-hydrogen) atoms. The van der Waals surface area contributed by atoms with Crippen molar-refractivity contribution in [1.82, 2.24) is 15.2 Å². The molecule has 3 aromatic rings. The molecule has 4 rings (SSSR count). The predicted octanol–water partition coefficient (Wildman–Crippen LogP) is 6.30. The molecule has 1 aliphatic heterocycles. The summed E-state index contributed by atoms with van der Waals surface area (Å²) in [6.07, 6.45) is -10.6. The smallest absolute Gasteiger partial charge is 0.374 e. The van der Waals surface area contributed by atoms with E-state index >= 15 is 0 Å². The Labute approximate surface area is 212 Å². The second-order valence-electron chi connectivity index (χ2n) is 7.84. The number of aromatic amines is 1.